The number of urea groups is 1. The molecule has 0 heterocycles. The number of rotatable bonds is 7. The molecule has 0 radical (unpaired) electrons. The van der Waals surface area contributed by atoms with E-state index in [0.717, 1.165) is 30.7 Å². The van der Waals surface area contributed by atoms with Gasteiger partial charge in [0.15, 0.2) is 0 Å². The summed E-state index contributed by atoms with van der Waals surface area (Å²) in [5, 5.41) is 6.27. The quantitative estimate of drug-likeness (QED) is 0.679. The Labute approximate surface area is 116 Å². The van der Waals surface area contributed by atoms with Crippen molar-refractivity contribution < 1.29 is 4.79 Å². The van der Waals surface area contributed by atoms with E-state index in [-0.39, 0.29) is 6.03 Å². The zero-order valence-electron chi connectivity index (χ0n) is 12.0. The van der Waals surface area contributed by atoms with Gasteiger partial charge < -0.3 is 10.6 Å². The number of amides is 2. The molecule has 3 fully saturated rings. The lowest BCUT2D eigenvalue weighted by molar-refractivity contribution is 0.233. The van der Waals surface area contributed by atoms with Gasteiger partial charge in [0.1, 0.15) is 0 Å². The molecule has 3 heteroatoms. The maximum atomic E-state index is 11.9. The van der Waals surface area contributed by atoms with Gasteiger partial charge in [-0.05, 0) is 56.3 Å². The van der Waals surface area contributed by atoms with Crippen LogP contribution in [-0.2, 0) is 0 Å². The van der Waals surface area contributed by atoms with Crippen molar-refractivity contribution in [2.45, 2.75) is 70.3 Å². The van der Waals surface area contributed by atoms with Crippen LogP contribution in [-0.4, -0.2) is 18.6 Å². The van der Waals surface area contributed by atoms with Crippen LogP contribution in [0.4, 0.5) is 4.79 Å². The Hall–Kier alpha value is -0.730. The van der Waals surface area contributed by atoms with Crippen LogP contribution in [0.5, 0.6) is 0 Å². The molecule has 2 amide bonds. The van der Waals surface area contributed by atoms with Gasteiger partial charge in [-0.25, -0.2) is 4.79 Å². The van der Waals surface area contributed by atoms with Gasteiger partial charge in [-0.2, -0.15) is 0 Å². The molecule has 0 saturated heterocycles. The third-order valence-electron chi connectivity index (χ3n) is 5.11. The summed E-state index contributed by atoms with van der Waals surface area (Å²) in [5.74, 6) is 2.52. The minimum Gasteiger partial charge on any atom is -0.338 e. The molecule has 3 aliphatic carbocycles. The topological polar surface area (TPSA) is 41.1 Å². The smallest absolute Gasteiger partial charge is 0.315 e. The normalized spacial score (nSPS) is 23.8. The molecule has 0 spiro atoms. The molecule has 3 saturated carbocycles. The molecule has 0 unspecified atom stereocenters. The molecule has 2 N–H and O–H groups in total. The fourth-order valence-electron chi connectivity index (χ4n) is 3.63. The van der Waals surface area contributed by atoms with E-state index in [1.165, 1.54) is 57.8 Å². The number of hydrogen-bond donors (Lipinski definition) is 2. The highest BCUT2D eigenvalue weighted by molar-refractivity contribution is 5.74. The van der Waals surface area contributed by atoms with Gasteiger partial charge in [0.2, 0.25) is 0 Å². The van der Waals surface area contributed by atoms with E-state index in [2.05, 4.69) is 10.6 Å². The largest absolute Gasteiger partial charge is 0.338 e. The summed E-state index contributed by atoms with van der Waals surface area (Å²) in [6, 6.07) is 0.560. The minimum atomic E-state index is 0.0789. The molecule has 19 heavy (non-hydrogen) atoms. The van der Waals surface area contributed by atoms with Crippen LogP contribution in [0.3, 0.4) is 0 Å². The van der Waals surface area contributed by atoms with Crippen molar-refractivity contribution >= 4 is 6.03 Å². The second-order valence-electron chi connectivity index (χ2n) is 6.89. The van der Waals surface area contributed by atoms with Crippen molar-refractivity contribution in [3.63, 3.8) is 0 Å². The first kappa shape index (κ1) is 13.3. The van der Waals surface area contributed by atoms with Crippen molar-refractivity contribution in [1.82, 2.24) is 10.6 Å². The summed E-state index contributed by atoms with van der Waals surface area (Å²) in [4.78, 5) is 11.9. The summed E-state index contributed by atoms with van der Waals surface area (Å²) in [7, 11) is 0. The van der Waals surface area contributed by atoms with Gasteiger partial charge in [-0.1, -0.05) is 25.7 Å². The van der Waals surface area contributed by atoms with Gasteiger partial charge in [-0.3, -0.25) is 0 Å². The lowest BCUT2D eigenvalue weighted by Gasteiger charge is -2.18. The molecular weight excluding hydrogens is 236 g/mol. The van der Waals surface area contributed by atoms with E-state index in [1.807, 2.05) is 0 Å². The number of nitrogens with one attached hydrogen (secondary N) is 2. The van der Waals surface area contributed by atoms with E-state index in [1.54, 1.807) is 0 Å². The molecule has 108 valence electrons. The van der Waals surface area contributed by atoms with Gasteiger partial charge >= 0.3 is 6.03 Å². The van der Waals surface area contributed by atoms with E-state index < -0.39 is 0 Å². The van der Waals surface area contributed by atoms with Crippen molar-refractivity contribution in [2.24, 2.45) is 17.8 Å². The Morgan fingerprint density at radius 3 is 2.21 bits per heavy atom. The maximum Gasteiger partial charge on any atom is 0.315 e. The van der Waals surface area contributed by atoms with Gasteiger partial charge in [0.25, 0.3) is 0 Å². The zero-order valence-corrected chi connectivity index (χ0v) is 12.0. The van der Waals surface area contributed by atoms with Crippen LogP contribution in [0.1, 0.15) is 64.2 Å². The molecule has 3 rings (SSSR count). The fourth-order valence-corrected chi connectivity index (χ4v) is 3.63. The molecule has 3 nitrogen and oxygen atoms in total. The first-order chi connectivity index (χ1) is 9.33. The molecule has 3 aliphatic rings. The molecular formula is C16H28N2O. The third kappa shape index (κ3) is 4.12. The molecule has 0 bridgehead atoms. The SMILES string of the molecule is O=C(NCCCC1CCCC1)NC(C1CC1)C1CC1. The zero-order chi connectivity index (χ0) is 13.1. The number of carbonyl (C=O) groups is 1. The van der Waals surface area contributed by atoms with Crippen molar-refractivity contribution in [3.8, 4) is 0 Å². The Morgan fingerprint density at radius 2 is 1.63 bits per heavy atom. The Kier molecular flexibility index (Phi) is 4.29. The van der Waals surface area contributed by atoms with Gasteiger partial charge in [0, 0.05) is 12.6 Å². The van der Waals surface area contributed by atoms with Gasteiger partial charge in [-0.15, -0.1) is 0 Å². The molecule has 0 aliphatic heterocycles. The summed E-state index contributed by atoms with van der Waals surface area (Å²) in [6.07, 6.45) is 13.4. The van der Waals surface area contributed by atoms with E-state index >= 15 is 0 Å². The predicted molar refractivity (Wildman–Crippen MR) is 77.0 cm³/mol. The Morgan fingerprint density at radius 1 is 1.00 bits per heavy atom. The average molecular weight is 264 g/mol. The van der Waals surface area contributed by atoms with Crippen LogP contribution in [0.15, 0.2) is 0 Å². The summed E-state index contributed by atoms with van der Waals surface area (Å²) in [6.45, 7) is 0.852. The lowest BCUT2D eigenvalue weighted by atomic mass is 10.0. The lowest BCUT2D eigenvalue weighted by Crippen LogP contribution is -2.44. The second-order valence-corrected chi connectivity index (χ2v) is 6.89. The highest BCUT2D eigenvalue weighted by Gasteiger charge is 2.42. The highest BCUT2D eigenvalue weighted by Crippen LogP contribution is 2.44. The fraction of sp³-hybridized carbons (Fsp3) is 0.938. The van der Waals surface area contributed by atoms with Crippen LogP contribution in [0.2, 0.25) is 0 Å². The summed E-state index contributed by atoms with van der Waals surface area (Å²) < 4.78 is 0. The van der Waals surface area contributed by atoms with E-state index in [4.69, 9.17) is 0 Å². The summed E-state index contributed by atoms with van der Waals surface area (Å²) in [5.41, 5.74) is 0. The first-order valence-electron chi connectivity index (χ1n) is 8.37. The van der Waals surface area contributed by atoms with E-state index in [9.17, 15) is 4.79 Å². The number of hydrogen-bond acceptors (Lipinski definition) is 1. The van der Waals surface area contributed by atoms with Crippen LogP contribution in [0.25, 0.3) is 0 Å². The Balaban J connectivity index is 1.27. The maximum absolute atomic E-state index is 11.9. The molecule has 0 aromatic heterocycles. The summed E-state index contributed by atoms with van der Waals surface area (Å²) >= 11 is 0. The van der Waals surface area contributed by atoms with Crippen LogP contribution in [0, 0.1) is 17.8 Å². The standard InChI is InChI=1S/C16H28N2O/c19-16(17-11-3-6-12-4-1-2-5-12)18-15(13-7-8-13)14-9-10-14/h12-15H,1-11H2,(H2,17,18,19). The highest BCUT2D eigenvalue weighted by atomic mass is 16.2. The van der Waals surface area contributed by atoms with Crippen molar-refractivity contribution in [1.29, 1.82) is 0 Å². The molecule has 0 atom stereocenters. The van der Waals surface area contributed by atoms with E-state index in [0.29, 0.717) is 6.04 Å². The third-order valence-corrected chi connectivity index (χ3v) is 5.11. The molecule has 0 aromatic rings. The van der Waals surface area contributed by atoms with Crippen LogP contribution < -0.4 is 10.6 Å². The number of carbonyl (C=O) groups excluding carboxylic acids is 1. The minimum absolute atomic E-state index is 0.0789. The second kappa shape index (κ2) is 6.15. The van der Waals surface area contributed by atoms with Crippen molar-refractivity contribution in [2.75, 3.05) is 6.54 Å². The average Bonchev–Trinajstić information content (AvgIpc) is 3.32. The first-order valence-corrected chi connectivity index (χ1v) is 8.37. The predicted octanol–water partition coefficient (Wildman–Crippen LogP) is 3.44. The van der Waals surface area contributed by atoms with Gasteiger partial charge in [0.05, 0.1) is 0 Å². The molecule has 0 aromatic carbocycles. The van der Waals surface area contributed by atoms with Crippen LogP contribution >= 0.6 is 0 Å². The van der Waals surface area contributed by atoms with Crippen molar-refractivity contribution in [3.05, 3.63) is 0 Å². The Bertz CT molecular complexity index is 292. The monoisotopic (exact) mass is 264 g/mol.